The summed E-state index contributed by atoms with van der Waals surface area (Å²) >= 11 is 0. The summed E-state index contributed by atoms with van der Waals surface area (Å²) in [5.74, 6) is 0.487. The molecule has 7 nitrogen and oxygen atoms in total. The average molecular weight is 383 g/mol. The summed E-state index contributed by atoms with van der Waals surface area (Å²) in [7, 11) is 0. The summed E-state index contributed by atoms with van der Waals surface area (Å²) in [6.07, 6.45) is 3.92. The summed E-state index contributed by atoms with van der Waals surface area (Å²) in [6, 6.07) is 5.78. The third-order valence-electron chi connectivity index (χ3n) is 5.15. The van der Waals surface area contributed by atoms with Crippen LogP contribution in [0.5, 0.6) is 0 Å². The number of benzene rings is 1. The van der Waals surface area contributed by atoms with Crippen LogP contribution in [0.15, 0.2) is 41.6 Å². The number of hydrogen-bond donors (Lipinski definition) is 0. The largest absolute Gasteiger partial charge is 0.341 e. The van der Waals surface area contributed by atoms with Gasteiger partial charge in [0.05, 0.1) is 11.9 Å². The van der Waals surface area contributed by atoms with E-state index >= 15 is 0 Å². The maximum Gasteiger partial charge on any atom is 0.264 e. The van der Waals surface area contributed by atoms with Crippen molar-refractivity contribution in [3.8, 4) is 5.69 Å². The molecule has 0 N–H and O–H groups in total. The van der Waals surface area contributed by atoms with E-state index in [4.69, 9.17) is 0 Å². The van der Waals surface area contributed by atoms with Crippen molar-refractivity contribution in [3.05, 3.63) is 53.0 Å². The lowest BCUT2D eigenvalue weighted by Gasteiger charge is -2.35. The fraction of sp³-hybridized carbons (Fsp3) is 0.400. The monoisotopic (exact) mass is 383 g/mol. The summed E-state index contributed by atoms with van der Waals surface area (Å²) in [6.45, 7) is 5.67. The van der Waals surface area contributed by atoms with Gasteiger partial charge in [-0.2, -0.15) is 5.10 Å². The van der Waals surface area contributed by atoms with Crippen LogP contribution < -0.4 is 5.56 Å². The fourth-order valence-electron chi connectivity index (χ4n) is 3.94. The van der Waals surface area contributed by atoms with E-state index < -0.39 is 0 Å². The van der Waals surface area contributed by atoms with Gasteiger partial charge in [0.15, 0.2) is 5.65 Å². The first-order valence-corrected chi connectivity index (χ1v) is 9.39. The minimum absolute atomic E-state index is 0.0387. The maximum absolute atomic E-state index is 13.1. The van der Waals surface area contributed by atoms with Gasteiger partial charge in [0.25, 0.3) is 5.56 Å². The predicted octanol–water partition coefficient (Wildman–Crippen LogP) is 2.23. The Labute approximate surface area is 161 Å². The lowest BCUT2D eigenvalue weighted by atomic mass is 9.92. The minimum atomic E-state index is -0.351. The lowest BCUT2D eigenvalue weighted by Crippen LogP contribution is -2.44. The first kappa shape index (κ1) is 18.3. The van der Waals surface area contributed by atoms with E-state index in [0.29, 0.717) is 28.6 Å². The molecule has 2 atom stereocenters. The minimum Gasteiger partial charge on any atom is -0.341 e. The number of piperidine rings is 1. The number of rotatable bonds is 3. The van der Waals surface area contributed by atoms with Crippen molar-refractivity contribution in [1.82, 2.24) is 24.2 Å². The van der Waals surface area contributed by atoms with Crippen LogP contribution in [0.1, 0.15) is 20.3 Å². The zero-order valence-electron chi connectivity index (χ0n) is 15.9. The Hall–Kier alpha value is -3.03. The molecule has 0 spiro atoms. The van der Waals surface area contributed by atoms with E-state index in [1.807, 2.05) is 4.90 Å². The zero-order valence-corrected chi connectivity index (χ0v) is 15.9. The van der Waals surface area contributed by atoms with Crippen molar-refractivity contribution in [2.24, 2.45) is 11.8 Å². The molecule has 28 heavy (non-hydrogen) atoms. The Morgan fingerprint density at radius 2 is 1.86 bits per heavy atom. The molecule has 0 aliphatic carbocycles. The molecule has 4 rings (SSSR count). The van der Waals surface area contributed by atoms with Gasteiger partial charge in [0.2, 0.25) is 5.91 Å². The maximum atomic E-state index is 13.1. The van der Waals surface area contributed by atoms with Gasteiger partial charge >= 0.3 is 0 Å². The number of nitrogens with zero attached hydrogens (tertiary/aromatic N) is 5. The third-order valence-corrected chi connectivity index (χ3v) is 5.15. The topological polar surface area (TPSA) is 73.0 Å². The highest BCUT2D eigenvalue weighted by Crippen LogP contribution is 2.21. The standard InChI is InChI=1S/C20H22FN5O2/c1-13-7-14(2)10-24(9-13)18(27)11-25-12-22-19-17(20(25)28)8-23-26(19)16-5-3-15(21)4-6-16/h3-6,8,12-14H,7,9-11H2,1-2H3. The van der Waals surface area contributed by atoms with E-state index in [1.54, 1.807) is 12.1 Å². The molecule has 8 heteroatoms. The summed E-state index contributed by atoms with van der Waals surface area (Å²) in [5.41, 5.74) is 0.666. The fourth-order valence-corrected chi connectivity index (χ4v) is 3.94. The van der Waals surface area contributed by atoms with Crippen LogP contribution in [0.3, 0.4) is 0 Å². The molecular weight excluding hydrogens is 361 g/mol. The molecule has 1 fully saturated rings. The SMILES string of the molecule is CC1CC(C)CN(C(=O)Cn2cnc3c(cnn3-c3ccc(F)cc3)c2=O)C1. The molecule has 1 aliphatic rings. The van der Waals surface area contributed by atoms with Crippen LogP contribution >= 0.6 is 0 Å². The summed E-state index contributed by atoms with van der Waals surface area (Å²) in [5, 5.41) is 4.53. The van der Waals surface area contributed by atoms with Crippen LogP contribution in [0.2, 0.25) is 0 Å². The molecule has 1 saturated heterocycles. The van der Waals surface area contributed by atoms with E-state index in [0.717, 1.165) is 19.5 Å². The van der Waals surface area contributed by atoms with Crippen molar-refractivity contribution >= 4 is 16.9 Å². The number of amides is 1. The Kier molecular flexibility index (Phi) is 4.70. The average Bonchev–Trinajstić information content (AvgIpc) is 3.08. The van der Waals surface area contributed by atoms with Gasteiger partial charge in [-0.05, 0) is 42.5 Å². The van der Waals surface area contributed by atoms with Crippen molar-refractivity contribution in [2.75, 3.05) is 13.1 Å². The molecule has 3 heterocycles. The van der Waals surface area contributed by atoms with E-state index in [-0.39, 0.29) is 23.8 Å². The smallest absolute Gasteiger partial charge is 0.264 e. The van der Waals surface area contributed by atoms with Crippen LogP contribution in [0, 0.1) is 17.7 Å². The number of likely N-dealkylation sites (tertiary alicyclic amines) is 1. The second-order valence-electron chi connectivity index (χ2n) is 7.69. The molecule has 1 amide bonds. The summed E-state index contributed by atoms with van der Waals surface area (Å²) < 4.78 is 16.0. The normalized spacial score (nSPS) is 19.9. The van der Waals surface area contributed by atoms with E-state index in [9.17, 15) is 14.0 Å². The predicted molar refractivity (Wildman–Crippen MR) is 103 cm³/mol. The molecule has 0 saturated carbocycles. The Morgan fingerprint density at radius 3 is 2.54 bits per heavy atom. The number of hydrogen-bond acceptors (Lipinski definition) is 4. The van der Waals surface area contributed by atoms with Gasteiger partial charge in [-0.15, -0.1) is 0 Å². The van der Waals surface area contributed by atoms with Gasteiger partial charge in [-0.3, -0.25) is 14.2 Å². The molecule has 0 bridgehead atoms. The van der Waals surface area contributed by atoms with Crippen molar-refractivity contribution < 1.29 is 9.18 Å². The Morgan fingerprint density at radius 1 is 1.18 bits per heavy atom. The number of fused-ring (bicyclic) bond motifs is 1. The van der Waals surface area contributed by atoms with Crippen LogP contribution in [-0.2, 0) is 11.3 Å². The number of halogens is 1. The third kappa shape index (κ3) is 3.42. The second-order valence-corrected chi connectivity index (χ2v) is 7.69. The van der Waals surface area contributed by atoms with Crippen LogP contribution in [-0.4, -0.2) is 43.2 Å². The Balaban J connectivity index is 1.61. The van der Waals surface area contributed by atoms with Gasteiger partial charge in [0, 0.05) is 13.1 Å². The van der Waals surface area contributed by atoms with E-state index in [2.05, 4.69) is 23.9 Å². The van der Waals surface area contributed by atoms with Gasteiger partial charge < -0.3 is 4.90 Å². The van der Waals surface area contributed by atoms with Crippen molar-refractivity contribution in [3.63, 3.8) is 0 Å². The van der Waals surface area contributed by atoms with Crippen LogP contribution in [0.25, 0.3) is 16.7 Å². The molecule has 1 aliphatic heterocycles. The zero-order chi connectivity index (χ0) is 19.8. The second kappa shape index (κ2) is 7.18. The molecule has 1 aromatic carbocycles. The molecule has 2 unspecified atom stereocenters. The highest BCUT2D eigenvalue weighted by atomic mass is 19.1. The molecule has 146 valence electrons. The first-order valence-electron chi connectivity index (χ1n) is 9.39. The molecular formula is C20H22FN5O2. The van der Waals surface area contributed by atoms with Crippen molar-refractivity contribution in [1.29, 1.82) is 0 Å². The molecule has 3 aromatic rings. The Bertz CT molecular complexity index is 1060. The lowest BCUT2D eigenvalue weighted by molar-refractivity contribution is -0.134. The van der Waals surface area contributed by atoms with Crippen molar-refractivity contribution in [2.45, 2.75) is 26.8 Å². The highest BCUT2D eigenvalue weighted by Gasteiger charge is 2.25. The highest BCUT2D eigenvalue weighted by molar-refractivity contribution is 5.78. The first-order chi connectivity index (χ1) is 13.4. The summed E-state index contributed by atoms with van der Waals surface area (Å²) in [4.78, 5) is 31.7. The number of carbonyl (C=O) groups is 1. The van der Waals surface area contributed by atoms with E-state index in [1.165, 1.54) is 33.9 Å². The quantitative estimate of drug-likeness (QED) is 0.695. The van der Waals surface area contributed by atoms with Gasteiger partial charge in [-0.25, -0.2) is 14.1 Å². The number of aromatic nitrogens is 4. The molecule has 2 aromatic heterocycles. The van der Waals surface area contributed by atoms with Gasteiger partial charge in [0.1, 0.15) is 24.1 Å². The van der Waals surface area contributed by atoms with Crippen LogP contribution in [0.4, 0.5) is 4.39 Å². The van der Waals surface area contributed by atoms with Gasteiger partial charge in [-0.1, -0.05) is 13.8 Å². The number of carbonyl (C=O) groups excluding carboxylic acids is 1. The molecule has 0 radical (unpaired) electrons.